The Morgan fingerprint density at radius 3 is 2.89 bits per heavy atom. The molecule has 0 radical (unpaired) electrons. The minimum absolute atomic E-state index is 0.0774. The third-order valence-electron chi connectivity index (χ3n) is 2.32. The van der Waals surface area contributed by atoms with Crippen molar-refractivity contribution >= 4 is 27.5 Å². The summed E-state index contributed by atoms with van der Waals surface area (Å²) in [7, 11) is 0. The van der Waals surface area contributed by atoms with Crippen molar-refractivity contribution in [2.45, 2.75) is 6.54 Å². The summed E-state index contributed by atoms with van der Waals surface area (Å²) in [4.78, 5) is 11.6. The smallest absolute Gasteiger partial charge is 0.239 e. The molecule has 2 rings (SSSR count). The van der Waals surface area contributed by atoms with Gasteiger partial charge in [0.15, 0.2) is 0 Å². The van der Waals surface area contributed by atoms with Gasteiger partial charge in [0.05, 0.1) is 19.4 Å². The molecular weight excluding hydrogens is 296 g/mol. The molecule has 1 heterocycles. The number of carbonyl (C=O) groups excluding carboxylic acids is 1. The summed E-state index contributed by atoms with van der Waals surface area (Å²) >= 11 is 3.37. The Morgan fingerprint density at radius 1 is 1.28 bits per heavy atom. The molecule has 1 aromatic heterocycles. The molecule has 18 heavy (non-hydrogen) atoms. The molecule has 1 amide bonds. The van der Waals surface area contributed by atoms with Crippen LogP contribution in [-0.2, 0) is 11.3 Å². The van der Waals surface area contributed by atoms with E-state index in [0.717, 1.165) is 15.9 Å². The maximum absolute atomic E-state index is 11.6. The number of hydrogen-bond donors (Lipinski definition) is 2. The van der Waals surface area contributed by atoms with Gasteiger partial charge < -0.3 is 15.1 Å². The summed E-state index contributed by atoms with van der Waals surface area (Å²) in [6.45, 7) is 0.642. The van der Waals surface area contributed by atoms with E-state index in [1.165, 1.54) is 0 Å². The molecule has 0 bridgehead atoms. The van der Waals surface area contributed by atoms with Gasteiger partial charge in [-0.3, -0.25) is 4.79 Å². The summed E-state index contributed by atoms with van der Waals surface area (Å²) < 4.78 is 6.10. The zero-order valence-corrected chi connectivity index (χ0v) is 11.2. The molecule has 0 fully saturated rings. The molecule has 0 aliphatic heterocycles. The number of hydrogen-bond acceptors (Lipinski definition) is 3. The Morgan fingerprint density at radius 2 is 2.17 bits per heavy atom. The van der Waals surface area contributed by atoms with Crippen LogP contribution in [0.15, 0.2) is 51.6 Å². The van der Waals surface area contributed by atoms with Crippen LogP contribution in [0.2, 0.25) is 0 Å². The van der Waals surface area contributed by atoms with E-state index in [1.54, 1.807) is 12.3 Å². The first-order valence-electron chi connectivity index (χ1n) is 5.52. The predicted molar refractivity (Wildman–Crippen MR) is 73.2 cm³/mol. The summed E-state index contributed by atoms with van der Waals surface area (Å²) in [6, 6.07) is 11.3. The normalized spacial score (nSPS) is 10.1. The number of halogens is 1. The van der Waals surface area contributed by atoms with E-state index >= 15 is 0 Å². The predicted octanol–water partition coefficient (Wildman–Crippen LogP) is 2.77. The van der Waals surface area contributed by atoms with E-state index in [9.17, 15) is 4.79 Å². The van der Waals surface area contributed by atoms with Gasteiger partial charge in [-0.1, -0.05) is 22.0 Å². The number of anilines is 1. The van der Waals surface area contributed by atoms with Gasteiger partial charge in [-0.2, -0.15) is 0 Å². The average Bonchev–Trinajstić information content (AvgIpc) is 2.87. The van der Waals surface area contributed by atoms with Crippen LogP contribution < -0.4 is 10.6 Å². The maximum Gasteiger partial charge on any atom is 0.239 e. The number of nitrogens with one attached hydrogen (secondary N) is 2. The van der Waals surface area contributed by atoms with Gasteiger partial charge in [-0.15, -0.1) is 0 Å². The molecule has 2 N–H and O–H groups in total. The van der Waals surface area contributed by atoms with Gasteiger partial charge in [-0.25, -0.2) is 0 Å². The quantitative estimate of drug-likeness (QED) is 0.893. The Hall–Kier alpha value is -1.75. The fourth-order valence-electron chi connectivity index (χ4n) is 1.44. The highest BCUT2D eigenvalue weighted by Crippen LogP contribution is 2.15. The molecule has 0 atom stereocenters. The van der Waals surface area contributed by atoms with Crippen molar-refractivity contribution in [2.24, 2.45) is 0 Å². The molecule has 0 aliphatic carbocycles. The third-order valence-corrected chi connectivity index (χ3v) is 2.81. The molecule has 4 nitrogen and oxygen atoms in total. The standard InChI is InChI=1S/C13H13BrN2O2/c14-10-3-1-4-11(7-10)15-9-13(17)16-8-12-5-2-6-18-12/h1-7,15H,8-9H2,(H,16,17). The van der Waals surface area contributed by atoms with Crippen LogP contribution in [0.3, 0.4) is 0 Å². The fraction of sp³-hybridized carbons (Fsp3) is 0.154. The van der Waals surface area contributed by atoms with E-state index in [-0.39, 0.29) is 12.5 Å². The summed E-state index contributed by atoms with van der Waals surface area (Å²) in [5.41, 5.74) is 0.900. The summed E-state index contributed by atoms with van der Waals surface area (Å²) in [5, 5.41) is 5.81. The minimum atomic E-state index is -0.0774. The molecule has 0 aliphatic rings. The maximum atomic E-state index is 11.6. The van der Waals surface area contributed by atoms with Crippen LogP contribution in [0.5, 0.6) is 0 Å². The first kappa shape index (κ1) is 12.7. The van der Waals surface area contributed by atoms with Crippen molar-refractivity contribution in [1.82, 2.24) is 5.32 Å². The van der Waals surface area contributed by atoms with Crippen LogP contribution in [-0.4, -0.2) is 12.5 Å². The third kappa shape index (κ3) is 3.92. The Bertz CT molecular complexity index is 511. The van der Waals surface area contributed by atoms with Crippen molar-refractivity contribution in [3.63, 3.8) is 0 Å². The summed E-state index contributed by atoms with van der Waals surface area (Å²) in [6.07, 6.45) is 1.58. The zero-order valence-electron chi connectivity index (χ0n) is 9.65. The minimum Gasteiger partial charge on any atom is -0.467 e. The molecular formula is C13H13BrN2O2. The van der Waals surface area contributed by atoms with Crippen LogP contribution in [0.25, 0.3) is 0 Å². The van der Waals surface area contributed by atoms with Crippen molar-refractivity contribution in [2.75, 3.05) is 11.9 Å². The van der Waals surface area contributed by atoms with Gasteiger partial charge in [0.1, 0.15) is 5.76 Å². The zero-order chi connectivity index (χ0) is 12.8. The number of benzene rings is 1. The van der Waals surface area contributed by atoms with E-state index in [0.29, 0.717) is 6.54 Å². The van der Waals surface area contributed by atoms with Gasteiger partial charge in [0, 0.05) is 10.2 Å². The van der Waals surface area contributed by atoms with Gasteiger partial charge in [0.2, 0.25) is 5.91 Å². The Balaban J connectivity index is 1.75. The van der Waals surface area contributed by atoms with Crippen LogP contribution in [0.1, 0.15) is 5.76 Å². The van der Waals surface area contributed by atoms with Crippen molar-refractivity contribution < 1.29 is 9.21 Å². The van der Waals surface area contributed by atoms with E-state index < -0.39 is 0 Å². The highest BCUT2D eigenvalue weighted by Gasteiger charge is 2.02. The van der Waals surface area contributed by atoms with E-state index in [2.05, 4.69) is 26.6 Å². The molecule has 0 saturated carbocycles. The second-order valence-electron chi connectivity index (χ2n) is 3.72. The van der Waals surface area contributed by atoms with Gasteiger partial charge in [-0.05, 0) is 30.3 Å². The molecule has 1 aromatic carbocycles. The highest BCUT2D eigenvalue weighted by molar-refractivity contribution is 9.10. The van der Waals surface area contributed by atoms with Gasteiger partial charge >= 0.3 is 0 Å². The topological polar surface area (TPSA) is 54.3 Å². The summed E-state index contributed by atoms with van der Waals surface area (Å²) in [5.74, 6) is 0.664. The number of furan rings is 1. The van der Waals surface area contributed by atoms with Crippen LogP contribution in [0.4, 0.5) is 5.69 Å². The largest absolute Gasteiger partial charge is 0.467 e. The second kappa shape index (κ2) is 6.26. The Labute approximate surface area is 114 Å². The highest BCUT2D eigenvalue weighted by atomic mass is 79.9. The van der Waals surface area contributed by atoms with Gasteiger partial charge in [0.25, 0.3) is 0 Å². The SMILES string of the molecule is O=C(CNc1cccc(Br)c1)NCc1ccco1. The molecule has 0 unspecified atom stereocenters. The van der Waals surface area contributed by atoms with Crippen LogP contribution in [0, 0.1) is 0 Å². The Kier molecular flexibility index (Phi) is 4.41. The van der Waals surface area contributed by atoms with Crippen molar-refractivity contribution in [3.05, 3.63) is 52.9 Å². The lowest BCUT2D eigenvalue weighted by atomic mass is 10.3. The molecule has 2 aromatic rings. The first-order chi connectivity index (χ1) is 8.74. The fourth-order valence-corrected chi connectivity index (χ4v) is 1.84. The second-order valence-corrected chi connectivity index (χ2v) is 4.64. The number of amides is 1. The molecule has 0 saturated heterocycles. The monoisotopic (exact) mass is 308 g/mol. The number of rotatable bonds is 5. The lowest BCUT2D eigenvalue weighted by Gasteiger charge is -2.07. The van der Waals surface area contributed by atoms with Crippen molar-refractivity contribution in [1.29, 1.82) is 0 Å². The lowest BCUT2D eigenvalue weighted by molar-refractivity contribution is -0.119. The average molecular weight is 309 g/mol. The molecule has 0 spiro atoms. The van der Waals surface area contributed by atoms with E-state index in [1.807, 2.05) is 30.3 Å². The van der Waals surface area contributed by atoms with Crippen LogP contribution >= 0.6 is 15.9 Å². The van der Waals surface area contributed by atoms with Crippen molar-refractivity contribution in [3.8, 4) is 0 Å². The van der Waals surface area contributed by atoms with E-state index in [4.69, 9.17) is 4.42 Å². The molecule has 94 valence electrons. The number of carbonyl (C=O) groups is 1. The first-order valence-corrected chi connectivity index (χ1v) is 6.32. The molecule has 5 heteroatoms. The lowest BCUT2D eigenvalue weighted by Crippen LogP contribution is -2.29.